The number of nitrogens with one attached hydrogen (secondary N) is 1. The molecule has 0 atom stereocenters. The summed E-state index contributed by atoms with van der Waals surface area (Å²) in [7, 11) is 1.63. The van der Waals surface area contributed by atoms with Gasteiger partial charge in [-0.15, -0.1) is 0 Å². The Morgan fingerprint density at radius 2 is 1.67 bits per heavy atom. The summed E-state index contributed by atoms with van der Waals surface area (Å²) in [6.45, 7) is 4.73. The van der Waals surface area contributed by atoms with Crippen LogP contribution in [0.25, 0.3) is 5.76 Å². The summed E-state index contributed by atoms with van der Waals surface area (Å²) < 4.78 is 21.7. The fourth-order valence-corrected chi connectivity index (χ4v) is 4.61. The van der Waals surface area contributed by atoms with Crippen LogP contribution in [0.1, 0.15) is 53.6 Å². The van der Waals surface area contributed by atoms with E-state index in [0.29, 0.717) is 74.3 Å². The third-order valence-electron chi connectivity index (χ3n) is 6.76. The molecule has 0 aromatic heterocycles. The minimum atomic E-state index is -0.232. The molecule has 39 heavy (non-hydrogen) atoms. The number of likely N-dealkylation sites (tertiary alicyclic amines) is 1. The second-order valence-electron chi connectivity index (χ2n) is 9.74. The summed E-state index contributed by atoms with van der Waals surface area (Å²) in [5.74, 6) is 0.973. The molecule has 2 aliphatic rings. The summed E-state index contributed by atoms with van der Waals surface area (Å²) in [4.78, 5) is 27.7. The maximum Gasteiger partial charge on any atom is 0.224 e. The van der Waals surface area contributed by atoms with Crippen LogP contribution in [0, 0.1) is 0 Å². The molecule has 0 unspecified atom stereocenters. The first-order valence-corrected chi connectivity index (χ1v) is 13.6. The molecule has 2 heterocycles. The number of hydrogen-bond acceptors (Lipinski definition) is 8. The van der Waals surface area contributed by atoms with E-state index in [-0.39, 0.29) is 30.3 Å². The van der Waals surface area contributed by atoms with Gasteiger partial charge in [0.25, 0.3) is 0 Å². The second-order valence-corrected chi connectivity index (χ2v) is 9.74. The quantitative estimate of drug-likeness (QED) is 0.210. The van der Waals surface area contributed by atoms with Crippen molar-refractivity contribution >= 4 is 17.4 Å². The van der Waals surface area contributed by atoms with Gasteiger partial charge in [-0.2, -0.15) is 0 Å². The lowest BCUT2D eigenvalue weighted by Gasteiger charge is -2.21. The second kappa shape index (κ2) is 14.7. The van der Waals surface area contributed by atoms with Crippen LogP contribution in [0.2, 0.25) is 0 Å². The fraction of sp³-hybridized carbons (Fsp3) is 0.467. The van der Waals surface area contributed by atoms with E-state index >= 15 is 0 Å². The third kappa shape index (κ3) is 8.54. The summed E-state index contributed by atoms with van der Waals surface area (Å²) in [5, 5.41) is 14.0. The van der Waals surface area contributed by atoms with Crippen molar-refractivity contribution in [2.24, 2.45) is 0 Å². The van der Waals surface area contributed by atoms with Crippen molar-refractivity contribution in [2.75, 3.05) is 53.2 Å². The fourth-order valence-electron chi connectivity index (χ4n) is 4.61. The number of hydrogen-bond donors (Lipinski definition) is 2. The minimum absolute atomic E-state index is 0.00888. The Labute approximate surface area is 229 Å². The summed E-state index contributed by atoms with van der Waals surface area (Å²) in [6.07, 6.45) is 3.03. The van der Waals surface area contributed by atoms with Gasteiger partial charge in [-0.1, -0.05) is 24.3 Å². The van der Waals surface area contributed by atoms with Crippen LogP contribution < -0.4 is 14.8 Å². The monoisotopic (exact) mass is 538 g/mol. The Balaban J connectivity index is 1.32. The standard InChI is InChI=1S/C30H38N2O7/c1-36-15-16-37-21-22-7-9-23(10-8-22)26(33)5-4-6-29(34)31-25(20-32-13-2-3-14-32)30(35)24-11-12-27-28(19-24)39-18-17-38-27/h7-12,19,35H,2-6,13-18,20-21H2,1H3,(H,31,34)/b30-25+. The topological polar surface area (TPSA) is 107 Å². The van der Waals surface area contributed by atoms with E-state index in [4.69, 9.17) is 18.9 Å². The Morgan fingerprint density at radius 3 is 2.41 bits per heavy atom. The van der Waals surface area contributed by atoms with E-state index < -0.39 is 0 Å². The normalized spacial score (nSPS) is 15.6. The number of rotatable bonds is 14. The Kier molecular flexibility index (Phi) is 10.8. The number of nitrogens with zero attached hydrogens (tertiary/aromatic N) is 1. The molecule has 0 spiro atoms. The number of methoxy groups -OCH3 is 1. The number of carbonyl (C=O) groups excluding carboxylic acids is 2. The van der Waals surface area contributed by atoms with Gasteiger partial charge in [-0.25, -0.2) is 0 Å². The van der Waals surface area contributed by atoms with E-state index in [1.165, 1.54) is 0 Å². The van der Waals surface area contributed by atoms with Crippen LogP contribution >= 0.6 is 0 Å². The summed E-state index contributed by atoms with van der Waals surface area (Å²) in [5.41, 5.74) is 2.60. The molecule has 4 rings (SSSR count). The number of aliphatic hydroxyl groups is 1. The van der Waals surface area contributed by atoms with E-state index in [2.05, 4.69) is 10.2 Å². The Bertz CT molecular complexity index is 1140. The zero-order valence-electron chi connectivity index (χ0n) is 22.6. The molecule has 1 fully saturated rings. The largest absolute Gasteiger partial charge is 0.505 e. The van der Waals surface area contributed by atoms with E-state index in [1.54, 1.807) is 37.4 Å². The molecule has 9 heteroatoms. The van der Waals surface area contributed by atoms with Gasteiger partial charge in [0.2, 0.25) is 5.91 Å². The number of benzene rings is 2. The molecule has 2 aliphatic heterocycles. The van der Waals surface area contributed by atoms with Crippen LogP contribution in [-0.4, -0.2) is 74.9 Å². The maximum atomic E-state index is 12.9. The molecular formula is C30H38N2O7. The highest BCUT2D eigenvalue weighted by atomic mass is 16.6. The molecule has 2 N–H and O–H groups in total. The molecule has 0 aliphatic carbocycles. The molecule has 1 saturated heterocycles. The number of amides is 1. The average Bonchev–Trinajstić information content (AvgIpc) is 3.48. The SMILES string of the molecule is COCCOCc1ccc(C(=O)CCCC(=O)N/C(CN2CCCC2)=C(/O)c2ccc3c(c2)OCCO3)cc1. The van der Waals surface area contributed by atoms with Crippen molar-refractivity contribution in [1.82, 2.24) is 10.2 Å². The molecule has 1 amide bonds. The van der Waals surface area contributed by atoms with Gasteiger partial charge in [0.05, 0.1) is 25.5 Å². The molecule has 9 nitrogen and oxygen atoms in total. The molecule has 210 valence electrons. The van der Waals surface area contributed by atoms with Gasteiger partial charge in [0.1, 0.15) is 19.0 Å². The highest BCUT2D eigenvalue weighted by molar-refractivity contribution is 5.96. The number of ether oxygens (including phenoxy) is 4. The zero-order valence-corrected chi connectivity index (χ0v) is 22.6. The van der Waals surface area contributed by atoms with Crippen molar-refractivity contribution in [1.29, 1.82) is 0 Å². The molecule has 0 bridgehead atoms. The predicted octanol–water partition coefficient (Wildman–Crippen LogP) is 4.11. The van der Waals surface area contributed by atoms with Gasteiger partial charge < -0.3 is 29.4 Å². The number of carbonyl (C=O) groups is 2. The molecule has 2 aromatic rings. The third-order valence-corrected chi connectivity index (χ3v) is 6.76. The van der Waals surface area contributed by atoms with Crippen molar-refractivity contribution in [3.63, 3.8) is 0 Å². The van der Waals surface area contributed by atoms with Crippen LogP contribution in [0.5, 0.6) is 11.5 Å². The first-order valence-electron chi connectivity index (χ1n) is 13.6. The lowest BCUT2D eigenvalue weighted by atomic mass is 10.0. The van der Waals surface area contributed by atoms with Gasteiger partial charge in [0, 0.05) is 37.6 Å². The van der Waals surface area contributed by atoms with Gasteiger partial charge in [-0.05, 0) is 56.1 Å². The molecule has 0 saturated carbocycles. The van der Waals surface area contributed by atoms with Gasteiger partial charge in [0.15, 0.2) is 17.3 Å². The molecule has 0 radical (unpaired) electrons. The van der Waals surface area contributed by atoms with Crippen molar-refractivity contribution in [3.8, 4) is 11.5 Å². The van der Waals surface area contributed by atoms with Crippen LogP contribution in [0.15, 0.2) is 48.2 Å². The van der Waals surface area contributed by atoms with Crippen molar-refractivity contribution < 1.29 is 33.6 Å². The van der Waals surface area contributed by atoms with Crippen LogP contribution in [0.4, 0.5) is 0 Å². The number of ketones is 1. The van der Waals surface area contributed by atoms with Crippen molar-refractivity contribution in [2.45, 2.75) is 38.7 Å². The van der Waals surface area contributed by atoms with Gasteiger partial charge in [-0.3, -0.25) is 14.5 Å². The lowest BCUT2D eigenvalue weighted by Crippen LogP contribution is -2.32. The smallest absolute Gasteiger partial charge is 0.224 e. The summed E-state index contributed by atoms with van der Waals surface area (Å²) >= 11 is 0. The number of fused-ring (bicyclic) bond motifs is 1. The first kappa shape index (κ1) is 28.6. The minimum Gasteiger partial charge on any atom is -0.505 e. The number of Topliss-reactive ketones (excluding diaryl/α,β-unsaturated/α-hetero) is 1. The zero-order chi connectivity index (χ0) is 27.5. The highest BCUT2D eigenvalue weighted by Gasteiger charge is 2.20. The Morgan fingerprint density at radius 1 is 0.949 bits per heavy atom. The van der Waals surface area contributed by atoms with E-state index in [1.807, 2.05) is 12.1 Å². The van der Waals surface area contributed by atoms with Crippen molar-refractivity contribution in [3.05, 3.63) is 64.9 Å². The van der Waals surface area contributed by atoms with Crippen LogP contribution in [0.3, 0.4) is 0 Å². The Hall–Kier alpha value is -3.40. The maximum absolute atomic E-state index is 12.9. The van der Waals surface area contributed by atoms with E-state index in [0.717, 1.165) is 31.5 Å². The van der Waals surface area contributed by atoms with Crippen LogP contribution in [-0.2, 0) is 20.9 Å². The molecule has 2 aromatic carbocycles. The predicted molar refractivity (Wildman–Crippen MR) is 147 cm³/mol. The summed E-state index contributed by atoms with van der Waals surface area (Å²) in [6, 6.07) is 12.6. The van der Waals surface area contributed by atoms with Gasteiger partial charge >= 0.3 is 0 Å². The average molecular weight is 539 g/mol. The first-order chi connectivity index (χ1) is 19.0. The molecular weight excluding hydrogens is 500 g/mol. The number of aliphatic hydroxyl groups excluding tert-OH is 1. The highest BCUT2D eigenvalue weighted by Crippen LogP contribution is 2.33. The lowest BCUT2D eigenvalue weighted by molar-refractivity contribution is -0.120. The van der Waals surface area contributed by atoms with E-state index in [9.17, 15) is 14.7 Å².